The van der Waals surface area contributed by atoms with E-state index >= 15 is 0 Å². The van der Waals surface area contributed by atoms with Crippen molar-refractivity contribution in [2.24, 2.45) is 0 Å². The second kappa shape index (κ2) is 4.98. The summed E-state index contributed by atoms with van der Waals surface area (Å²) in [5.41, 5.74) is 2.20. The van der Waals surface area contributed by atoms with Gasteiger partial charge in [0.25, 0.3) is 0 Å². The van der Waals surface area contributed by atoms with E-state index in [1.54, 1.807) is 11.3 Å². The lowest BCUT2D eigenvalue weighted by Gasteiger charge is -2.03. The van der Waals surface area contributed by atoms with Crippen molar-refractivity contribution >= 4 is 22.9 Å². The molecule has 1 unspecified atom stereocenters. The maximum atomic E-state index is 6.15. The molecule has 1 atom stereocenters. The molecule has 1 heterocycles. The van der Waals surface area contributed by atoms with E-state index in [2.05, 4.69) is 24.2 Å². The van der Waals surface area contributed by atoms with Crippen LogP contribution in [0.4, 0.5) is 0 Å². The molecular formula is C13H14ClNS. The second-order valence-electron chi connectivity index (χ2n) is 3.87. The molecule has 0 bridgehead atoms. The summed E-state index contributed by atoms with van der Waals surface area (Å²) in [7, 11) is 0. The summed E-state index contributed by atoms with van der Waals surface area (Å²) in [6.07, 6.45) is 1.12. The first-order valence-corrected chi connectivity index (χ1v) is 6.68. The van der Waals surface area contributed by atoms with Crippen LogP contribution < -0.4 is 0 Å². The van der Waals surface area contributed by atoms with Gasteiger partial charge in [-0.05, 0) is 18.4 Å². The molecule has 0 fully saturated rings. The van der Waals surface area contributed by atoms with Crippen molar-refractivity contribution in [3.05, 3.63) is 40.4 Å². The van der Waals surface area contributed by atoms with E-state index in [1.807, 2.05) is 24.3 Å². The maximum absolute atomic E-state index is 6.15. The number of thiazole rings is 1. The zero-order valence-corrected chi connectivity index (χ0v) is 11.0. The van der Waals surface area contributed by atoms with Crippen molar-refractivity contribution in [3.63, 3.8) is 0 Å². The normalized spacial score (nSPS) is 12.7. The van der Waals surface area contributed by atoms with Crippen molar-refractivity contribution in [1.82, 2.24) is 4.98 Å². The third kappa shape index (κ3) is 2.28. The molecule has 16 heavy (non-hydrogen) atoms. The first kappa shape index (κ1) is 11.6. The van der Waals surface area contributed by atoms with Gasteiger partial charge in [-0.2, -0.15) is 0 Å². The second-order valence-corrected chi connectivity index (χ2v) is 5.13. The summed E-state index contributed by atoms with van der Waals surface area (Å²) in [6.45, 7) is 4.38. The number of benzene rings is 1. The third-order valence-corrected chi connectivity index (χ3v) is 3.97. The molecule has 0 aliphatic rings. The molecule has 0 saturated carbocycles. The summed E-state index contributed by atoms with van der Waals surface area (Å²) in [6, 6.07) is 7.85. The van der Waals surface area contributed by atoms with Crippen molar-refractivity contribution in [2.75, 3.05) is 0 Å². The van der Waals surface area contributed by atoms with Crippen LogP contribution in [0.15, 0.2) is 29.6 Å². The molecule has 3 heteroatoms. The van der Waals surface area contributed by atoms with Gasteiger partial charge in [0, 0.05) is 10.9 Å². The number of rotatable bonds is 3. The molecule has 0 radical (unpaired) electrons. The number of halogens is 1. The smallest absolute Gasteiger partial charge is 0.125 e. The Labute approximate surface area is 105 Å². The number of nitrogens with zero attached hydrogens (tertiary/aromatic N) is 1. The lowest BCUT2D eigenvalue weighted by molar-refractivity contribution is 0.714. The molecule has 84 valence electrons. The number of hydrogen-bond donors (Lipinski definition) is 0. The molecule has 0 amide bonds. The van der Waals surface area contributed by atoms with Gasteiger partial charge in [0.15, 0.2) is 0 Å². The van der Waals surface area contributed by atoms with Gasteiger partial charge in [-0.25, -0.2) is 4.98 Å². The average Bonchev–Trinajstić information content (AvgIpc) is 2.78. The largest absolute Gasteiger partial charge is 0.241 e. The van der Waals surface area contributed by atoms with Crippen LogP contribution in [-0.2, 0) is 0 Å². The Morgan fingerprint density at radius 2 is 2.12 bits per heavy atom. The van der Waals surface area contributed by atoms with Gasteiger partial charge in [-0.3, -0.25) is 0 Å². The fourth-order valence-corrected chi connectivity index (χ4v) is 2.74. The monoisotopic (exact) mass is 251 g/mol. The maximum Gasteiger partial charge on any atom is 0.125 e. The van der Waals surface area contributed by atoms with E-state index < -0.39 is 0 Å². The zero-order valence-electron chi connectivity index (χ0n) is 9.40. The highest BCUT2D eigenvalue weighted by Gasteiger charge is 2.11. The van der Waals surface area contributed by atoms with Gasteiger partial charge in [-0.1, -0.05) is 43.6 Å². The Morgan fingerprint density at radius 1 is 1.38 bits per heavy atom. The predicted molar refractivity (Wildman–Crippen MR) is 71.3 cm³/mol. The quantitative estimate of drug-likeness (QED) is 0.750. The van der Waals surface area contributed by atoms with Gasteiger partial charge in [0.2, 0.25) is 0 Å². The lowest BCUT2D eigenvalue weighted by Crippen LogP contribution is -1.91. The lowest BCUT2D eigenvalue weighted by atomic mass is 10.1. The average molecular weight is 252 g/mol. The Morgan fingerprint density at radius 3 is 2.81 bits per heavy atom. The van der Waals surface area contributed by atoms with E-state index in [-0.39, 0.29) is 0 Å². The molecular weight excluding hydrogens is 238 g/mol. The first-order chi connectivity index (χ1) is 7.72. The van der Waals surface area contributed by atoms with Gasteiger partial charge >= 0.3 is 0 Å². The Kier molecular flexibility index (Phi) is 3.62. The molecule has 0 aliphatic carbocycles. The summed E-state index contributed by atoms with van der Waals surface area (Å²) >= 11 is 7.81. The Hall–Kier alpha value is -0.860. The van der Waals surface area contributed by atoms with Crippen LogP contribution in [0.5, 0.6) is 0 Å². The molecule has 2 aromatic rings. The van der Waals surface area contributed by atoms with Gasteiger partial charge < -0.3 is 0 Å². The SMILES string of the molecule is CCC(C)c1csc(-c2ccccc2Cl)n1. The highest BCUT2D eigenvalue weighted by Crippen LogP contribution is 2.32. The Bertz CT molecular complexity index is 478. The fraction of sp³-hybridized carbons (Fsp3) is 0.308. The molecule has 0 saturated heterocycles. The van der Waals surface area contributed by atoms with Crippen molar-refractivity contribution < 1.29 is 0 Å². The van der Waals surface area contributed by atoms with E-state index in [0.29, 0.717) is 5.92 Å². The molecule has 0 aliphatic heterocycles. The summed E-state index contributed by atoms with van der Waals surface area (Å²) in [5, 5.41) is 3.92. The minimum atomic E-state index is 0.521. The predicted octanol–water partition coefficient (Wildman–Crippen LogP) is 4.98. The van der Waals surface area contributed by atoms with E-state index in [4.69, 9.17) is 11.6 Å². The summed E-state index contributed by atoms with van der Waals surface area (Å²) in [5.74, 6) is 0.521. The highest BCUT2D eigenvalue weighted by atomic mass is 35.5. The summed E-state index contributed by atoms with van der Waals surface area (Å²) in [4.78, 5) is 4.65. The van der Waals surface area contributed by atoms with Crippen molar-refractivity contribution in [3.8, 4) is 10.6 Å². The van der Waals surface area contributed by atoms with Crippen LogP contribution in [0.2, 0.25) is 5.02 Å². The molecule has 0 spiro atoms. The third-order valence-electron chi connectivity index (χ3n) is 2.74. The highest BCUT2D eigenvalue weighted by molar-refractivity contribution is 7.13. The zero-order chi connectivity index (χ0) is 11.5. The minimum Gasteiger partial charge on any atom is -0.241 e. The van der Waals surface area contributed by atoms with Crippen molar-refractivity contribution in [1.29, 1.82) is 0 Å². The molecule has 0 N–H and O–H groups in total. The van der Waals surface area contributed by atoms with Gasteiger partial charge in [-0.15, -0.1) is 11.3 Å². The van der Waals surface area contributed by atoms with Crippen LogP contribution in [-0.4, -0.2) is 4.98 Å². The van der Waals surface area contributed by atoms with E-state index in [0.717, 1.165) is 22.0 Å². The topological polar surface area (TPSA) is 12.9 Å². The van der Waals surface area contributed by atoms with Gasteiger partial charge in [0.1, 0.15) is 5.01 Å². The van der Waals surface area contributed by atoms with Crippen LogP contribution in [0.3, 0.4) is 0 Å². The van der Waals surface area contributed by atoms with E-state index in [1.165, 1.54) is 5.69 Å². The molecule has 2 rings (SSSR count). The first-order valence-electron chi connectivity index (χ1n) is 5.42. The van der Waals surface area contributed by atoms with Crippen LogP contribution in [0.1, 0.15) is 31.9 Å². The van der Waals surface area contributed by atoms with Crippen LogP contribution >= 0.6 is 22.9 Å². The number of aromatic nitrogens is 1. The molecule has 1 nitrogen and oxygen atoms in total. The minimum absolute atomic E-state index is 0.521. The molecule has 1 aromatic carbocycles. The Balaban J connectivity index is 2.35. The van der Waals surface area contributed by atoms with Crippen LogP contribution in [0, 0.1) is 0 Å². The van der Waals surface area contributed by atoms with E-state index in [9.17, 15) is 0 Å². The standard InChI is InChI=1S/C13H14ClNS/c1-3-9(2)12-8-16-13(15-12)10-6-4-5-7-11(10)14/h4-9H,3H2,1-2H3. The fourth-order valence-electron chi connectivity index (χ4n) is 1.48. The van der Waals surface area contributed by atoms with Gasteiger partial charge in [0.05, 0.1) is 10.7 Å². The van der Waals surface area contributed by atoms with Crippen molar-refractivity contribution in [2.45, 2.75) is 26.2 Å². The van der Waals surface area contributed by atoms with Crippen LogP contribution in [0.25, 0.3) is 10.6 Å². The molecule has 1 aromatic heterocycles. The summed E-state index contributed by atoms with van der Waals surface area (Å²) < 4.78 is 0. The number of hydrogen-bond acceptors (Lipinski definition) is 2.